The van der Waals surface area contributed by atoms with Crippen LogP contribution in [-0.4, -0.2) is 31.1 Å². The molecule has 0 saturated carbocycles. The lowest BCUT2D eigenvalue weighted by molar-refractivity contribution is -0.122. The van der Waals surface area contributed by atoms with Crippen molar-refractivity contribution < 1.29 is 22.0 Å². The second kappa shape index (κ2) is 8.37. The molecule has 0 bridgehead atoms. The molecule has 4 rings (SSSR count). The van der Waals surface area contributed by atoms with E-state index in [1.54, 1.807) is 35.7 Å². The maximum atomic E-state index is 13.6. The molecular formula is C22H19F2NO3S2. The summed E-state index contributed by atoms with van der Waals surface area (Å²) in [5.41, 5.74) is 1.32. The summed E-state index contributed by atoms with van der Waals surface area (Å²) >= 11 is 1.12. The van der Waals surface area contributed by atoms with Crippen molar-refractivity contribution in [3.63, 3.8) is 0 Å². The van der Waals surface area contributed by atoms with Gasteiger partial charge in [-0.05, 0) is 46.8 Å². The summed E-state index contributed by atoms with van der Waals surface area (Å²) in [6.45, 7) is 0.0720. The molecule has 1 atom stereocenters. The molecule has 8 heteroatoms. The summed E-state index contributed by atoms with van der Waals surface area (Å²) < 4.78 is 55.4. The number of rotatable bonds is 5. The summed E-state index contributed by atoms with van der Waals surface area (Å²) in [7, 11) is -3.82. The predicted octanol–water partition coefficient (Wildman–Crippen LogP) is 4.58. The Morgan fingerprint density at radius 2 is 1.50 bits per heavy atom. The molecule has 0 N–H and O–H groups in total. The van der Waals surface area contributed by atoms with E-state index in [9.17, 15) is 22.0 Å². The number of ketones is 1. The number of hydrogen-bond donors (Lipinski definition) is 0. The van der Waals surface area contributed by atoms with Crippen molar-refractivity contribution in [2.75, 3.05) is 6.54 Å². The van der Waals surface area contributed by atoms with E-state index in [0.29, 0.717) is 11.1 Å². The van der Waals surface area contributed by atoms with Crippen molar-refractivity contribution in [2.24, 2.45) is 0 Å². The zero-order chi connectivity index (χ0) is 21.3. The second-order valence-corrected chi connectivity index (χ2v) is 10.3. The fourth-order valence-electron chi connectivity index (χ4n) is 3.92. The Labute approximate surface area is 177 Å². The number of benzene rings is 2. The molecule has 0 radical (unpaired) electrons. The Morgan fingerprint density at radius 3 is 2.00 bits per heavy atom. The van der Waals surface area contributed by atoms with Crippen LogP contribution in [0, 0.1) is 11.6 Å². The highest BCUT2D eigenvalue weighted by atomic mass is 32.2. The minimum atomic E-state index is -3.82. The molecule has 4 nitrogen and oxygen atoms in total. The van der Waals surface area contributed by atoms with Crippen molar-refractivity contribution >= 4 is 27.1 Å². The summed E-state index contributed by atoms with van der Waals surface area (Å²) in [6.07, 6.45) is 0.171. The average molecular weight is 448 g/mol. The number of carbonyl (C=O) groups excluding carboxylic acids is 1. The zero-order valence-corrected chi connectivity index (χ0v) is 17.5. The molecule has 2 aromatic carbocycles. The SMILES string of the molecule is O=C1CCN(S(=O)(=O)c2cccs2)C(C(c2ccc(F)cc2)c2ccc(F)cc2)C1. The van der Waals surface area contributed by atoms with Gasteiger partial charge in [0.05, 0.1) is 0 Å². The number of nitrogens with zero attached hydrogens (tertiary/aromatic N) is 1. The summed E-state index contributed by atoms with van der Waals surface area (Å²) in [5, 5.41) is 1.69. The molecule has 0 amide bonds. The molecule has 156 valence electrons. The smallest absolute Gasteiger partial charge is 0.252 e. The van der Waals surface area contributed by atoms with Crippen LogP contribution in [-0.2, 0) is 14.8 Å². The number of sulfonamides is 1. The lowest BCUT2D eigenvalue weighted by atomic mass is 9.81. The fraction of sp³-hybridized carbons (Fsp3) is 0.227. The third kappa shape index (κ3) is 4.08. The first-order valence-corrected chi connectivity index (χ1v) is 11.8. The van der Waals surface area contributed by atoms with Crippen LogP contribution in [0.15, 0.2) is 70.3 Å². The molecular weight excluding hydrogens is 428 g/mol. The van der Waals surface area contributed by atoms with Gasteiger partial charge in [-0.2, -0.15) is 4.31 Å². The van der Waals surface area contributed by atoms with E-state index in [4.69, 9.17) is 0 Å². The fourth-order valence-corrected chi connectivity index (χ4v) is 6.68. The van der Waals surface area contributed by atoms with Gasteiger partial charge < -0.3 is 0 Å². The molecule has 30 heavy (non-hydrogen) atoms. The van der Waals surface area contributed by atoms with Crippen LogP contribution in [0.3, 0.4) is 0 Å². The molecule has 1 fully saturated rings. The van der Waals surface area contributed by atoms with Crippen molar-refractivity contribution in [3.05, 3.63) is 88.8 Å². The third-order valence-electron chi connectivity index (χ3n) is 5.32. The third-order valence-corrected chi connectivity index (χ3v) is 8.62. The number of thiophene rings is 1. The topological polar surface area (TPSA) is 54.5 Å². The van der Waals surface area contributed by atoms with Gasteiger partial charge in [0, 0.05) is 31.3 Å². The maximum Gasteiger partial charge on any atom is 0.252 e. The van der Waals surface area contributed by atoms with Crippen molar-refractivity contribution in [1.82, 2.24) is 4.31 Å². The number of hydrogen-bond acceptors (Lipinski definition) is 4. The first-order chi connectivity index (χ1) is 14.4. The Morgan fingerprint density at radius 1 is 0.933 bits per heavy atom. The Balaban J connectivity index is 1.84. The van der Waals surface area contributed by atoms with Crippen molar-refractivity contribution in [1.29, 1.82) is 0 Å². The lowest BCUT2D eigenvalue weighted by Gasteiger charge is -2.39. The van der Waals surface area contributed by atoms with Crippen molar-refractivity contribution in [2.45, 2.75) is 29.0 Å². The molecule has 1 saturated heterocycles. The lowest BCUT2D eigenvalue weighted by Crippen LogP contribution is -2.49. The van der Waals surface area contributed by atoms with E-state index in [2.05, 4.69) is 0 Å². The van der Waals surface area contributed by atoms with Crippen LogP contribution >= 0.6 is 11.3 Å². The highest BCUT2D eigenvalue weighted by Crippen LogP contribution is 2.38. The molecule has 1 aliphatic rings. The molecule has 2 heterocycles. The van der Waals surface area contributed by atoms with E-state index in [1.165, 1.54) is 34.6 Å². The summed E-state index contributed by atoms with van der Waals surface area (Å²) in [4.78, 5) is 12.4. The Kier molecular flexibility index (Phi) is 5.81. The normalized spacial score (nSPS) is 18.1. The predicted molar refractivity (Wildman–Crippen MR) is 111 cm³/mol. The summed E-state index contributed by atoms with van der Waals surface area (Å²) in [5.74, 6) is -1.42. The van der Waals surface area contributed by atoms with Crippen LogP contribution < -0.4 is 0 Å². The summed E-state index contributed by atoms with van der Waals surface area (Å²) in [6, 6.07) is 14.0. The largest absolute Gasteiger partial charge is 0.300 e. The van der Waals surface area contributed by atoms with E-state index >= 15 is 0 Å². The van der Waals surface area contributed by atoms with Gasteiger partial charge in [0.25, 0.3) is 10.0 Å². The minimum absolute atomic E-state index is 0.0318. The number of piperidine rings is 1. The standard InChI is InChI=1S/C22H19F2NO3S2/c23-17-7-3-15(4-8-17)22(16-5-9-18(24)10-6-16)20-14-19(26)11-12-25(20)30(27,28)21-2-1-13-29-21/h1-10,13,20,22H,11-12,14H2. The minimum Gasteiger partial charge on any atom is -0.300 e. The van der Waals surface area contributed by atoms with Crippen molar-refractivity contribution in [3.8, 4) is 0 Å². The Bertz CT molecular complexity index is 1080. The first-order valence-electron chi connectivity index (χ1n) is 9.44. The van der Waals surface area contributed by atoms with E-state index < -0.39 is 33.6 Å². The number of carbonyl (C=O) groups is 1. The van der Waals surface area contributed by atoms with Gasteiger partial charge in [0.2, 0.25) is 0 Å². The maximum absolute atomic E-state index is 13.6. The van der Waals surface area contributed by atoms with Gasteiger partial charge in [0.15, 0.2) is 0 Å². The molecule has 1 unspecified atom stereocenters. The Hall–Kier alpha value is -2.42. The van der Waals surface area contributed by atoms with Crippen LogP contribution in [0.2, 0.25) is 0 Å². The van der Waals surface area contributed by atoms with Gasteiger partial charge in [-0.1, -0.05) is 30.3 Å². The van der Waals surface area contributed by atoms with Crippen LogP contribution in [0.25, 0.3) is 0 Å². The van der Waals surface area contributed by atoms with Crippen LogP contribution in [0.1, 0.15) is 29.9 Å². The van der Waals surface area contributed by atoms with Crippen LogP contribution in [0.5, 0.6) is 0 Å². The molecule has 0 aliphatic carbocycles. The molecule has 1 aromatic heterocycles. The molecule has 1 aliphatic heterocycles. The van der Waals surface area contributed by atoms with Gasteiger partial charge >= 0.3 is 0 Å². The van der Waals surface area contributed by atoms with E-state index in [-0.39, 0.29) is 29.4 Å². The molecule has 0 spiro atoms. The van der Waals surface area contributed by atoms with E-state index in [0.717, 1.165) is 11.3 Å². The highest BCUT2D eigenvalue weighted by Gasteiger charge is 2.41. The zero-order valence-electron chi connectivity index (χ0n) is 15.9. The van der Waals surface area contributed by atoms with Gasteiger partial charge in [-0.3, -0.25) is 4.79 Å². The van der Waals surface area contributed by atoms with E-state index in [1.807, 2.05) is 0 Å². The van der Waals surface area contributed by atoms with Gasteiger partial charge in [-0.25, -0.2) is 17.2 Å². The quantitative estimate of drug-likeness (QED) is 0.575. The highest BCUT2D eigenvalue weighted by molar-refractivity contribution is 7.91. The number of Topliss-reactive ketones (excluding diaryl/α,β-unsaturated/α-hetero) is 1. The average Bonchev–Trinajstić information content (AvgIpc) is 3.27. The van der Waals surface area contributed by atoms with Gasteiger partial charge in [0.1, 0.15) is 21.6 Å². The first kappa shape index (κ1) is 20.8. The van der Waals surface area contributed by atoms with Crippen LogP contribution in [0.4, 0.5) is 8.78 Å². The van der Waals surface area contributed by atoms with Gasteiger partial charge in [-0.15, -0.1) is 11.3 Å². The second-order valence-electron chi connectivity index (χ2n) is 7.19. The number of halogens is 2. The molecule has 3 aromatic rings. The monoisotopic (exact) mass is 447 g/mol.